The lowest BCUT2D eigenvalue weighted by molar-refractivity contribution is -0.149. The number of halogens is 2. The summed E-state index contributed by atoms with van der Waals surface area (Å²) in [6.45, 7) is 0. The summed E-state index contributed by atoms with van der Waals surface area (Å²) in [5.41, 5.74) is 0.693. The zero-order chi connectivity index (χ0) is 22.5. The first kappa shape index (κ1) is 21.0. The van der Waals surface area contributed by atoms with E-state index in [2.05, 4.69) is 0 Å². The number of amides is 1. The molecule has 1 aliphatic heterocycles. The van der Waals surface area contributed by atoms with Crippen LogP contribution in [0.25, 0.3) is 0 Å². The Labute approximate surface area is 190 Å². The van der Waals surface area contributed by atoms with E-state index >= 15 is 0 Å². The van der Waals surface area contributed by atoms with Crippen LogP contribution in [0.3, 0.4) is 0 Å². The number of nitrogens with zero attached hydrogens (tertiary/aromatic N) is 1. The number of phenolic OH excluding ortho intramolecular Hbond substituents is 1. The fraction of sp³-hybridized carbons (Fsp3) is 0.269. The van der Waals surface area contributed by atoms with Crippen molar-refractivity contribution in [3.05, 3.63) is 94.8 Å². The van der Waals surface area contributed by atoms with Crippen LogP contribution in [0.1, 0.15) is 42.9 Å². The van der Waals surface area contributed by atoms with Gasteiger partial charge in [-0.3, -0.25) is 4.79 Å². The van der Waals surface area contributed by atoms with Crippen LogP contribution in [0.5, 0.6) is 5.75 Å². The Hall–Kier alpha value is -2.89. The molecule has 1 saturated carbocycles. The van der Waals surface area contributed by atoms with E-state index in [1.165, 1.54) is 12.1 Å². The van der Waals surface area contributed by atoms with Crippen LogP contribution in [-0.4, -0.2) is 16.1 Å². The van der Waals surface area contributed by atoms with Crippen molar-refractivity contribution in [2.24, 2.45) is 5.41 Å². The molecule has 0 bridgehead atoms. The van der Waals surface area contributed by atoms with Gasteiger partial charge in [-0.25, -0.2) is 4.39 Å². The number of phenols is 1. The van der Waals surface area contributed by atoms with E-state index in [1.54, 1.807) is 41.3 Å². The highest BCUT2D eigenvalue weighted by Crippen LogP contribution is 2.61. The minimum Gasteiger partial charge on any atom is -0.508 e. The Kier molecular flexibility index (Phi) is 4.99. The summed E-state index contributed by atoms with van der Waals surface area (Å²) in [4.78, 5) is 15.3. The van der Waals surface area contributed by atoms with Gasteiger partial charge >= 0.3 is 0 Å². The summed E-state index contributed by atoms with van der Waals surface area (Å²) in [6.07, 6.45) is 1.95. The molecular formula is C26H23ClFNO3. The number of aromatic hydroxyl groups is 1. The van der Waals surface area contributed by atoms with E-state index in [4.69, 9.17) is 11.6 Å². The summed E-state index contributed by atoms with van der Waals surface area (Å²) in [5, 5.41) is 21.7. The summed E-state index contributed by atoms with van der Waals surface area (Å²) >= 11 is 6.00. The van der Waals surface area contributed by atoms with Crippen LogP contribution < -0.4 is 4.90 Å². The van der Waals surface area contributed by atoms with Gasteiger partial charge in [-0.1, -0.05) is 35.9 Å². The van der Waals surface area contributed by atoms with Crippen molar-refractivity contribution < 1.29 is 19.4 Å². The van der Waals surface area contributed by atoms with Crippen molar-refractivity contribution >= 4 is 23.2 Å². The van der Waals surface area contributed by atoms with Crippen molar-refractivity contribution in [1.82, 2.24) is 0 Å². The van der Waals surface area contributed by atoms with Crippen LogP contribution in [0, 0.1) is 11.2 Å². The highest BCUT2D eigenvalue weighted by Gasteiger charge is 2.63. The molecule has 6 heteroatoms. The largest absolute Gasteiger partial charge is 0.508 e. The zero-order valence-corrected chi connectivity index (χ0v) is 18.1. The maximum atomic E-state index is 13.6. The maximum Gasteiger partial charge on any atom is 0.236 e. The van der Waals surface area contributed by atoms with Crippen molar-refractivity contribution in [3.63, 3.8) is 0 Å². The molecule has 0 aromatic heterocycles. The third-order valence-electron chi connectivity index (χ3n) is 7.09. The number of anilines is 1. The van der Waals surface area contributed by atoms with Gasteiger partial charge in [0, 0.05) is 10.7 Å². The Morgan fingerprint density at radius 2 is 1.47 bits per heavy atom. The van der Waals surface area contributed by atoms with E-state index in [1.807, 2.05) is 24.3 Å². The molecule has 2 aliphatic rings. The molecule has 164 valence electrons. The number of benzene rings is 3. The minimum absolute atomic E-state index is 0.0136. The van der Waals surface area contributed by atoms with Gasteiger partial charge in [-0.15, -0.1) is 0 Å². The first-order valence-corrected chi connectivity index (χ1v) is 11.1. The van der Waals surface area contributed by atoms with Crippen molar-refractivity contribution in [1.29, 1.82) is 0 Å². The van der Waals surface area contributed by atoms with E-state index in [-0.39, 0.29) is 23.5 Å². The van der Waals surface area contributed by atoms with Crippen molar-refractivity contribution in [3.8, 4) is 5.75 Å². The summed E-state index contributed by atoms with van der Waals surface area (Å²) in [6, 6.07) is 19.8. The second kappa shape index (κ2) is 7.61. The second-order valence-electron chi connectivity index (χ2n) is 8.84. The SMILES string of the molecule is O=C1N(c2ccc(F)cc2)C(c2ccc(O)cc2)C12CCC(O)(c1ccc(Cl)cc1)CC2. The number of hydrogen-bond donors (Lipinski definition) is 2. The molecule has 3 aromatic carbocycles. The lowest BCUT2D eigenvalue weighted by Gasteiger charge is -2.59. The highest BCUT2D eigenvalue weighted by molar-refractivity contribution is 6.30. The van der Waals surface area contributed by atoms with Crippen LogP contribution >= 0.6 is 11.6 Å². The number of aliphatic hydroxyl groups is 1. The van der Waals surface area contributed by atoms with Gasteiger partial charge in [0.1, 0.15) is 11.6 Å². The predicted molar refractivity (Wildman–Crippen MR) is 121 cm³/mol. The van der Waals surface area contributed by atoms with Gasteiger partial charge < -0.3 is 15.1 Å². The van der Waals surface area contributed by atoms with Gasteiger partial charge in [0.25, 0.3) is 0 Å². The molecule has 1 amide bonds. The molecule has 0 radical (unpaired) electrons. The molecule has 1 atom stereocenters. The fourth-order valence-electron chi connectivity index (χ4n) is 5.29. The summed E-state index contributed by atoms with van der Waals surface area (Å²) < 4.78 is 13.5. The molecule has 1 spiro atoms. The maximum absolute atomic E-state index is 13.6. The molecule has 1 heterocycles. The Morgan fingerprint density at radius 3 is 2.06 bits per heavy atom. The smallest absolute Gasteiger partial charge is 0.236 e. The predicted octanol–water partition coefficient (Wildman–Crippen LogP) is 5.72. The zero-order valence-electron chi connectivity index (χ0n) is 17.3. The lowest BCUT2D eigenvalue weighted by atomic mass is 9.56. The molecule has 2 N–H and O–H groups in total. The Morgan fingerprint density at radius 1 is 0.875 bits per heavy atom. The summed E-state index contributed by atoms with van der Waals surface area (Å²) in [7, 11) is 0. The number of β-lactam (4-membered cyclic amide) rings is 1. The van der Waals surface area contributed by atoms with Crippen molar-refractivity contribution in [2.45, 2.75) is 37.3 Å². The second-order valence-corrected chi connectivity index (χ2v) is 9.28. The molecule has 5 rings (SSSR count). The van der Waals surface area contributed by atoms with Crippen LogP contribution in [0.2, 0.25) is 5.02 Å². The normalized spacial score (nSPS) is 27.4. The molecule has 2 fully saturated rings. The monoisotopic (exact) mass is 451 g/mol. The quantitative estimate of drug-likeness (QED) is 0.500. The average Bonchev–Trinajstić information content (AvgIpc) is 2.80. The average molecular weight is 452 g/mol. The van der Waals surface area contributed by atoms with E-state index in [9.17, 15) is 19.4 Å². The third-order valence-corrected chi connectivity index (χ3v) is 7.34. The molecule has 4 nitrogen and oxygen atoms in total. The van der Waals surface area contributed by atoms with Crippen LogP contribution in [-0.2, 0) is 10.4 Å². The van der Waals surface area contributed by atoms with Crippen molar-refractivity contribution in [2.75, 3.05) is 4.90 Å². The third kappa shape index (κ3) is 3.28. The number of carbonyl (C=O) groups is 1. The number of carbonyl (C=O) groups excluding carboxylic acids is 1. The molecule has 1 unspecified atom stereocenters. The Balaban J connectivity index is 1.48. The van der Waals surface area contributed by atoms with Gasteiger partial charge in [0.2, 0.25) is 5.91 Å². The number of hydrogen-bond acceptors (Lipinski definition) is 3. The van der Waals surface area contributed by atoms with E-state index in [0.29, 0.717) is 36.4 Å². The standard InChI is InChI=1S/C26H23ClFNO3/c27-19-5-3-18(4-6-19)26(32)15-13-25(14-16-26)23(17-1-11-22(30)12-2-17)29(24(25)31)21-9-7-20(28)8-10-21/h1-12,23,30,32H,13-16H2. The molecule has 32 heavy (non-hydrogen) atoms. The van der Waals surface area contributed by atoms with Gasteiger partial charge in [0.15, 0.2) is 0 Å². The van der Waals surface area contributed by atoms with Crippen LogP contribution in [0.4, 0.5) is 10.1 Å². The lowest BCUT2D eigenvalue weighted by Crippen LogP contribution is -2.65. The topological polar surface area (TPSA) is 60.8 Å². The van der Waals surface area contributed by atoms with Gasteiger partial charge in [-0.2, -0.15) is 0 Å². The van der Waals surface area contributed by atoms with E-state index in [0.717, 1.165) is 11.1 Å². The number of rotatable bonds is 3. The molecule has 3 aromatic rings. The summed E-state index contributed by atoms with van der Waals surface area (Å²) in [5.74, 6) is -0.216. The first-order valence-electron chi connectivity index (χ1n) is 10.7. The van der Waals surface area contributed by atoms with Crippen LogP contribution in [0.15, 0.2) is 72.8 Å². The van der Waals surface area contributed by atoms with Gasteiger partial charge in [-0.05, 0) is 85.3 Å². The minimum atomic E-state index is -1.01. The highest BCUT2D eigenvalue weighted by atomic mass is 35.5. The Bertz CT molecular complexity index is 1140. The molecular weight excluding hydrogens is 429 g/mol. The first-order chi connectivity index (χ1) is 15.3. The molecule has 1 saturated heterocycles. The fourth-order valence-corrected chi connectivity index (χ4v) is 5.42. The molecule has 1 aliphatic carbocycles. The van der Waals surface area contributed by atoms with E-state index < -0.39 is 11.0 Å². The van der Waals surface area contributed by atoms with Gasteiger partial charge in [0.05, 0.1) is 17.1 Å².